The lowest BCUT2D eigenvalue weighted by Crippen LogP contribution is -2.47. The van der Waals surface area contributed by atoms with Crippen LogP contribution in [0.1, 0.15) is 102 Å². The van der Waals surface area contributed by atoms with Crippen molar-refractivity contribution in [2.24, 2.45) is 0 Å². The smallest absolute Gasteiger partial charge is 0.356 e. The Hall–Kier alpha value is -5.27. The molecule has 0 spiro atoms. The quantitative estimate of drug-likeness (QED) is 0.138. The third kappa shape index (κ3) is 6.93. The first kappa shape index (κ1) is 41.5. The van der Waals surface area contributed by atoms with Crippen LogP contribution in [-0.2, 0) is 27.2 Å². The monoisotopic (exact) mass is 806 g/mol. The zero-order chi connectivity index (χ0) is 40.7. The number of benzene rings is 3. The lowest BCUT2D eigenvalue weighted by Gasteiger charge is -2.30. The zero-order valence-electron chi connectivity index (χ0n) is 32.0. The molecule has 0 fully saturated rings. The average Bonchev–Trinajstić information content (AvgIpc) is 3.10. The van der Waals surface area contributed by atoms with Gasteiger partial charge in [-0.2, -0.15) is 0 Å². The molecule has 0 aliphatic heterocycles. The fraction of sp³-hybridized carbons (Fsp3) is 0.341. The molecular weight excluding hydrogens is 764 g/mol. The van der Waals surface area contributed by atoms with E-state index in [0.717, 1.165) is 12.2 Å². The lowest BCUT2D eigenvalue weighted by molar-refractivity contribution is -0.151. The summed E-state index contributed by atoms with van der Waals surface area (Å²) in [5, 5.41) is 32.4. The van der Waals surface area contributed by atoms with Gasteiger partial charge in [0.2, 0.25) is 5.60 Å². The van der Waals surface area contributed by atoms with Crippen LogP contribution in [0.5, 0.6) is 23.0 Å². The Kier molecular flexibility index (Phi) is 12.0. The average molecular weight is 808 g/mol. The maximum absolute atomic E-state index is 13.8. The number of methoxy groups -OCH3 is 1. The number of allylic oxidation sites excluding steroid dienone is 2. The van der Waals surface area contributed by atoms with Crippen molar-refractivity contribution in [1.29, 1.82) is 0 Å². The standard InChI is InChI=1S/C41H43BrO12/c1-12-26-24(10)35(27(13-2)23(9)31(26)37(45)46)53-38(47)30-17(3)14-28(19(5)20(30)6)52-39(48)32-21(7)22(8)36(33(42)34(32)44)54-40(49)41(50)18(4)15-25(43)16-29(41)51-11/h14-16,44,50H,12-13H2,1-11H3,(H,45,46)/t41-/m1/s1. The molecule has 3 N–H and O–H groups in total. The molecule has 286 valence electrons. The summed E-state index contributed by atoms with van der Waals surface area (Å²) in [5.74, 6) is -5.05. The summed E-state index contributed by atoms with van der Waals surface area (Å²) in [6.07, 6.45) is 2.90. The van der Waals surface area contributed by atoms with Gasteiger partial charge in [0.25, 0.3) is 0 Å². The van der Waals surface area contributed by atoms with Crippen molar-refractivity contribution in [2.75, 3.05) is 7.11 Å². The van der Waals surface area contributed by atoms with Crippen molar-refractivity contribution in [3.05, 3.63) is 101 Å². The van der Waals surface area contributed by atoms with Crippen LogP contribution < -0.4 is 14.2 Å². The number of ether oxygens (including phenoxy) is 4. The van der Waals surface area contributed by atoms with Crippen molar-refractivity contribution >= 4 is 45.6 Å². The van der Waals surface area contributed by atoms with Gasteiger partial charge >= 0.3 is 23.9 Å². The highest BCUT2D eigenvalue weighted by Crippen LogP contribution is 2.44. The van der Waals surface area contributed by atoms with Gasteiger partial charge in [-0.05, 0) is 152 Å². The molecule has 3 aromatic rings. The van der Waals surface area contributed by atoms with Crippen LogP contribution >= 0.6 is 15.9 Å². The summed E-state index contributed by atoms with van der Waals surface area (Å²) in [6.45, 7) is 16.6. The van der Waals surface area contributed by atoms with Gasteiger partial charge in [-0.15, -0.1) is 0 Å². The predicted molar refractivity (Wildman–Crippen MR) is 202 cm³/mol. The molecule has 0 bridgehead atoms. The van der Waals surface area contributed by atoms with Crippen LogP contribution in [0.4, 0.5) is 0 Å². The number of rotatable bonds is 10. The van der Waals surface area contributed by atoms with Crippen molar-refractivity contribution in [2.45, 2.75) is 87.7 Å². The Bertz CT molecular complexity index is 2200. The topological polar surface area (TPSA) is 183 Å². The van der Waals surface area contributed by atoms with Crippen LogP contribution in [-0.4, -0.2) is 57.7 Å². The third-order valence-electron chi connectivity index (χ3n) is 10.2. The summed E-state index contributed by atoms with van der Waals surface area (Å²) < 4.78 is 22.3. The van der Waals surface area contributed by atoms with E-state index >= 15 is 0 Å². The van der Waals surface area contributed by atoms with Gasteiger partial charge in [0.15, 0.2) is 11.5 Å². The minimum atomic E-state index is -2.43. The van der Waals surface area contributed by atoms with Gasteiger partial charge in [-0.25, -0.2) is 19.2 Å². The van der Waals surface area contributed by atoms with Crippen LogP contribution in [0.25, 0.3) is 0 Å². The number of aromatic hydroxyl groups is 1. The molecule has 0 radical (unpaired) electrons. The van der Waals surface area contributed by atoms with E-state index in [2.05, 4.69) is 15.9 Å². The van der Waals surface area contributed by atoms with Gasteiger partial charge in [0, 0.05) is 6.08 Å². The third-order valence-corrected chi connectivity index (χ3v) is 10.9. The first-order chi connectivity index (χ1) is 25.2. The van der Waals surface area contributed by atoms with E-state index in [0.29, 0.717) is 57.5 Å². The number of carbonyl (C=O) groups is 5. The molecule has 0 amide bonds. The second-order valence-electron chi connectivity index (χ2n) is 13.2. The maximum Gasteiger partial charge on any atom is 0.356 e. The van der Waals surface area contributed by atoms with Crippen molar-refractivity contribution in [3.8, 4) is 23.0 Å². The van der Waals surface area contributed by atoms with E-state index in [4.69, 9.17) is 18.9 Å². The number of halogens is 1. The molecule has 1 aliphatic rings. The number of carbonyl (C=O) groups excluding carboxylic acids is 4. The summed E-state index contributed by atoms with van der Waals surface area (Å²) in [7, 11) is 1.19. The maximum atomic E-state index is 13.8. The SMILES string of the molecule is CCc1c(C)c(C(=O)O)c(CC)c(C)c1OC(=O)c1c(C)cc(OC(=O)c2c(C)c(C)c(OC(=O)[C@@]3(O)C(C)=CC(=O)C=C3OC)c(Br)c2O)c(C)c1C. The number of aromatic carboxylic acids is 1. The number of aryl methyl sites for hydroxylation is 1. The highest BCUT2D eigenvalue weighted by Gasteiger charge is 2.48. The number of hydrogen-bond donors (Lipinski definition) is 3. The van der Waals surface area contributed by atoms with E-state index in [9.17, 15) is 39.3 Å². The fourth-order valence-electron chi connectivity index (χ4n) is 6.86. The van der Waals surface area contributed by atoms with Crippen molar-refractivity contribution < 1.29 is 58.2 Å². The zero-order valence-corrected chi connectivity index (χ0v) is 33.6. The second-order valence-corrected chi connectivity index (χ2v) is 14.0. The number of phenolic OH excluding ortho intramolecular Hbond substituents is 1. The molecule has 13 heteroatoms. The van der Waals surface area contributed by atoms with E-state index < -0.39 is 41.0 Å². The molecule has 0 saturated heterocycles. The minimum absolute atomic E-state index is 0.0389. The number of carboxylic acid groups (broad SMARTS) is 1. The van der Waals surface area contributed by atoms with Crippen LogP contribution in [0.15, 0.2) is 34.0 Å². The molecule has 1 aliphatic carbocycles. The number of esters is 3. The van der Waals surface area contributed by atoms with Gasteiger partial charge in [0.05, 0.1) is 18.2 Å². The molecule has 0 saturated carbocycles. The molecule has 54 heavy (non-hydrogen) atoms. The van der Waals surface area contributed by atoms with E-state index in [1.54, 1.807) is 34.6 Å². The van der Waals surface area contributed by atoms with Gasteiger partial charge in [-0.1, -0.05) is 13.8 Å². The number of carboxylic acids is 1. The minimum Gasteiger partial charge on any atom is -0.506 e. The first-order valence-corrected chi connectivity index (χ1v) is 17.9. The Balaban J connectivity index is 1.68. The summed E-state index contributed by atoms with van der Waals surface area (Å²) >= 11 is 3.21. The second kappa shape index (κ2) is 15.6. The van der Waals surface area contributed by atoms with Crippen LogP contribution in [0, 0.1) is 48.5 Å². The largest absolute Gasteiger partial charge is 0.506 e. The summed E-state index contributed by atoms with van der Waals surface area (Å²) in [5.41, 5.74) is 1.89. The van der Waals surface area contributed by atoms with E-state index in [1.807, 2.05) is 13.8 Å². The lowest BCUT2D eigenvalue weighted by atomic mass is 9.87. The van der Waals surface area contributed by atoms with Gasteiger partial charge in [0.1, 0.15) is 33.0 Å². The highest BCUT2D eigenvalue weighted by atomic mass is 79.9. The summed E-state index contributed by atoms with van der Waals surface area (Å²) in [6, 6.07) is 1.51. The molecule has 1 atom stereocenters. The number of phenols is 1. The Morgan fingerprint density at radius 1 is 0.722 bits per heavy atom. The van der Waals surface area contributed by atoms with Crippen LogP contribution in [0.3, 0.4) is 0 Å². The molecule has 0 unspecified atom stereocenters. The highest BCUT2D eigenvalue weighted by molar-refractivity contribution is 9.10. The Morgan fingerprint density at radius 3 is 1.85 bits per heavy atom. The number of aliphatic hydroxyl groups is 1. The molecule has 0 heterocycles. The molecule has 3 aromatic carbocycles. The Morgan fingerprint density at radius 2 is 1.30 bits per heavy atom. The first-order valence-electron chi connectivity index (χ1n) is 17.1. The number of ketones is 1. The Labute approximate surface area is 321 Å². The summed E-state index contributed by atoms with van der Waals surface area (Å²) in [4.78, 5) is 65.0. The predicted octanol–water partition coefficient (Wildman–Crippen LogP) is 7.27. The van der Waals surface area contributed by atoms with E-state index in [1.165, 1.54) is 33.9 Å². The molecule has 0 aromatic heterocycles. The van der Waals surface area contributed by atoms with Crippen molar-refractivity contribution in [1.82, 2.24) is 0 Å². The normalized spacial score (nSPS) is 15.3. The number of hydrogen-bond acceptors (Lipinski definition) is 11. The van der Waals surface area contributed by atoms with Crippen LogP contribution in [0.2, 0.25) is 0 Å². The van der Waals surface area contributed by atoms with E-state index in [-0.39, 0.29) is 55.1 Å². The van der Waals surface area contributed by atoms with Gasteiger partial charge < -0.3 is 34.3 Å². The molecular formula is C41H43BrO12. The molecule has 12 nitrogen and oxygen atoms in total. The van der Waals surface area contributed by atoms with Gasteiger partial charge in [-0.3, -0.25) is 4.79 Å². The molecule has 4 rings (SSSR count). The fourth-order valence-corrected chi connectivity index (χ4v) is 7.44. The van der Waals surface area contributed by atoms with Crippen molar-refractivity contribution in [3.63, 3.8) is 0 Å².